The van der Waals surface area contributed by atoms with Gasteiger partial charge < -0.3 is 9.64 Å². The number of aromatic nitrogens is 5. The summed E-state index contributed by atoms with van der Waals surface area (Å²) in [5, 5.41) is 15.2. The van der Waals surface area contributed by atoms with E-state index in [9.17, 15) is 4.79 Å². The van der Waals surface area contributed by atoms with Gasteiger partial charge in [0.2, 0.25) is 11.7 Å². The minimum atomic E-state index is 0.0279. The Labute approximate surface area is 149 Å². The van der Waals surface area contributed by atoms with Gasteiger partial charge in [-0.15, -0.1) is 21.5 Å². The molecule has 2 heterocycles. The number of nitrogens with zero attached hydrogens (tertiary/aromatic N) is 6. The normalized spacial score (nSPS) is 10.7. The number of carbonyl (C=O) groups is 1. The summed E-state index contributed by atoms with van der Waals surface area (Å²) in [6.07, 6.45) is 0.303. The second kappa shape index (κ2) is 7.39. The van der Waals surface area contributed by atoms with Gasteiger partial charge >= 0.3 is 0 Å². The first kappa shape index (κ1) is 17.0. The van der Waals surface area contributed by atoms with E-state index in [1.54, 1.807) is 26.1 Å². The van der Waals surface area contributed by atoms with Gasteiger partial charge in [0, 0.05) is 25.0 Å². The molecular weight excluding hydrogens is 340 g/mol. The second-order valence-corrected chi connectivity index (χ2v) is 6.52. The van der Waals surface area contributed by atoms with Gasteiger partial charge in [-0.3, -0.25) is 4.79 Å². The third-order valence-electron chi connectivity index (χ3n) is 3.48. The van der Waals surface area contributed by atoms with E-state index in [1.165, 1.54) is 16.1 Å². The maximum absolute atomic E-state index is 11.7. The Morgan fingerprint density at radius 1 is 1.36 bits per heavy atom. The average Bonchev–Trinajstić information content (AvgIpc) is 3.25. The standard InChI is InChI=1S/C16H18N6O2S/c1-21(2)15(23)8-14-17-12(10-25-14)9-22-19-16(18-20-22)11-5-4-6-13(7-11)24-3/h4-7,10H,8-9H2,1-3H3. The van der Waals surface area contributed by atoms with Crippen LogP contribution in [0.3, 0.4) is 0 Å². The third-order valence-corrected chi connectivity index (χ3v) is 4.38. The average molecular weight is 358 g/mol. The maximum Gasteiger partial charge on any atom is 0.228 e. The molecule has 3 rings (SSSR count). The zero-order valence-corrected chi connectivity index (χ0v) is 15.0. The molecule has 0 N–H and O–H groups in total. The number of amides is 1. The third kappa shape index (κ3) is 4.18. The van der Waals surface area contributed by atoms with Crippen molar-refractivity contribution >= 4 is 17.2 Å². The lowest BCUT2D eigenvalue weighted by Crippen LogP contribution is -2.23. The molecule has 0 spiro atoms. The lowest BCUT2D eigenvalue weighted by Gasteiger charge is -2.07. The van der Waals surface area contributed by atoms with Gasteiger partial charge in [0.25, 0.3) is 0 Å². The molecular formula is C16H18N6O2S. The first-order valence-corrected chi connectivity index (χ1v) is 8.49. The minimum Gasteiger partial charge on any atom is -0.497 e. The first-order valence-electron chi connectivity index (χ1n) is 7.61. The van der Waals surface area contributed by atoms with Crippen molar-refractivity contribution in [3.8, 4) is 17.1 Å². The highest BCUT2D eigenvalue weighted by Gasteiger charge is 2.12. The van der Waals surface area contributed by atoms with Gasteiger partial charge in [-0.25, -0.2) is 4.98 Å². The maximum atomic E-state index is 11.7. The second-order valence-electron chi connectivity index (χ2n) is 5.57. The molecule has 0 atom stereocenters. The summed E-state index contributed by atoms with van der Waals surface area (Å²) in [6.45, 7) is 0.406. The molecule has 1 amide bonds. The Morgan fingerprint density at radius 2 is 2.20 bits per heavy atom. The van der Waals surface area contributed by atoms with E-state index < -0.39 is 0 Å². The van der Waals surface area contributed by atoms with Crippen LogP contribution in [0.5, 0.6) is 5.75 Å². The first-order chi connectivity index (χ1) is 12.0. The molecule has 0 aliphatic carbocycles. The fraction of sp³-hybridized carbons (Fsp3) is 0.312. The smallest absolute Gasteiger partial charge is 0.228 e. The van der Waals surface area contributed by atoms with E-state index in [-0.39, 0.29) is 5.91 Å². The molecule has 8 nitrogen and oxygen atoms in total. The molecule has 3 aromatic rings. The molecule has 0 aliphatic rings. The van der Waals surface area contributed by atoms with Crippen LogP contribution in [-0.2, 0) is 17.8 Å². The van der Waals surface area contributed by atoms with Crippen LogP contribution in [0.2, 0.25) is 0 Å². The zero-order valence-electron chi connectivity index (χ0n) is 14.2. The number of hydrogen-bond acceptors (Lipinski definition) is 7. The van der Waals surface area contributed by atoms with Crippen molar-refractivity contribution in [3.63, 3.8) is 0 Å². The van der Waals surface area contributed by atoms with Crippen LogP contribution in [0.1, 0.15) is 10.7 Å². The summed E-state index contributed by atoms with van der Waals surface area (Å²) in [7, 11) is 5.08. The number of ether oxygens (including phenoxy) is 1. The van der Waals surface area contributed by atoms with E-state index in [4.69, 9.17) is 4.74 Å². The van der Waals surface area contributed by atoms with Gasteiger partial charge in [-0.2, -0.15) is 4.80 Å². The van der Waals surface area contributed by atoms with Crippen LogP contribution in [0.25, 0.3) is 11.4 Å². The van der Waals surface area contributed by atoms with E-state index in [0.29, 0.717) is 18.8 Å². The Hall–Kier alpha value is -2.81. The SMILES string of the molecule is COc1cccc(-c2nnn(Cc3csc(CC(=O)N(C)C)n3)n2)c1. The zero-order chi connectivity index (χ0) is 17.8. The highest BCUT2D eigenvalue weighted by Crippen LogP contribution is 2.20. The summed E-state index contributed by atoms with van der Waals surface area (Å²) in [5.41, 5.74) is 1.64. The Bertz CT molecular complexity index is 873. The Kier molecular flexibility index (Phi) is 5.03. The molecule has 0 aliphatic heterocycles. The Morgan fingerprint density at radius 3 is 2.96 bits per heavy atom. The quantitative estimate of drug-likeness (QED) is 0.663. The number of methoxy groups -OCH3 is 1. The van der Waals surface area contributed by atoms with Crippen LogP contribution >= 0.6 is 11.3 Å². The highest BCUT2D eigenvalue weighted by molar-refractivity contribution is 7.09. The number of rotatable bonds is 6. The van der Waals surface area contributed by atoms with Crippen molar-refractivity contribution in [2.24, 2.45) is 0 Å². The van der Waals surface area contributed by atoms with E-state index in [2.05, 4.69) is 20.4 Å². The molecule has 130 valence electrons. The van der Waals surface area contributed by atoms with Crippen LogP contribution in [0.4, 0.5) is 0 Å². The van der Waals surface area contributed by atoms with Crippen LogP contribution in [0, 0.1) is 0 Å². The van der Waals surface area contributed by atoms with Crippen molar-refractivity contribution in [1.82, 2.24) is 30.1 Å². The summed E-state index contributed by atoms with van der Waals surface area (Å²) in [5.74, 6) is 1.29. The number of thiazole rings is 1. The number of carbonyl (C=O) groups excluding carboxylic acids is 1. The van der Waals surface area contributed by atoms with Gasteiger partial charge in [-0.05, 0) is 17.3 Å². The van der Waals surface area contributed by atoms with E-state index >= 15 is 0 Å². The minimum absolute atomic E-state index is 0.0279. The number of tetrazole rings is 1. The predicted molar refractivity (Wildman–Crippen MR) is 93.4 cm³/mol. The summed E-state index contributed by atoms with van der Waals surface area (Å²) in [4.78, 5) is 19.2. The van der Waals surface area contributed by atoms with Crippen molar-refractivity contribution < 1.29 is 9.53 Å². The van der Waals surface area contributed by atoms with Crippen molar-refractivity contribution in [3.05, 3.63) is 40.3 Å². The highest BCUT2D eigenvalue weighted by atomic mass is 32.1. The largest absolute Gasteiger partial charge is 0.497 e. The lowest BCUT2D eigenvalue weighted by atomic mass is 10.2. The van der Waals surface area contributed by atoms with Gasteiger partial charge in [0.15, 0.2) is 0 Å². The number of benzene rings is 1. The number of likely N-dealkylation sites (N-methyl/N-ethyl adjacent to an activating group) is 1. The summed E-state index contributed by atoms with van der Waals surface area (Å²) in [6, 6.07) is 7.50. The fourth-order valence-electron chi connectivity index (χ4n) is 2.12. The molecule has 0 unspecified atom stereocenters. The molecule has 0 fully saturated rings. The van der Waals surface area contributed by atoms with Crippen LogP contribution < -0.4 is 4.74 Å². The topological polar surface area (TPSA) is 86.0 Å². The molecule has 25 heavy (non-hydrogen) atoms. The molecule has 0 saturated heterocycles. The molecule has 9 heteroatoms. The molecule has 0 radical (unpaired) electrons. The fourth-order valence-corrected chi connectivity index (χ4v) is 2.90. The van der Waals surface area contributed by atoms with Crippen molar-refractivity contribution in [2.45, 2.75) is 13.0 Å². The molecule has 1 aromatic carbocycles. The van der Waals surface area contributed by atoms with Gasteiger partial charge in [0.05, 0.1) is 19.2 Å². The van der Waals surface area contributed by atoms with E-state index in [0.717, 1.165) is 22.0 Å². The summed E-state index contributed by atoms with van der Waals surface area (Å²) < 4.78 is 5.21. The van der Waals surface area contributed by atoms with Gasteiger partial charge in [0.1, 0.15) is 17.3 Å². The predicted octanol–water partition coefficient (Wildman–Crippen LogP) is 1.48. The monoisotopic (exact) mass is 358 g/mol. The lowest BCUT2D eigenvalue weighted by molar-refractivity contribution is -0.127. The Balaban J connectivity index is 1.69. The molecule has 2 aromatic heterocycles. The van der Waals surface area contributed by atoms with Crippen molar-refractivity contribution in [1.29, 1.82) is 0 Å². The summed E-state index contributed by atoms with van der Waals surface area (Å²) >= 11 is 1.46. The van der Waals surface area contributed by atoms with Crippen molar-refractivity contribution in [2.75, 3.05) is 21.2 Å². The van der Waals surface area contributed by atoms with E-state index in [1.807, 2.05) is 29.6 Å². The van der Waals surface area contributed by atoms with Crippen LogP contribution in [0.15, 0.2) is 29.6 Å². The number of hydrogen-bond donors (Lipinski definition) is 0. The van der Waals surface area contributed by atoms with Crippen LogP contribution in [-0.4, -0.2) is 57.2 Å². The molecule has 0 saturated carbocycles. The molecule has 0 bridgehead atoms. The van der Waals surface area contributed by atoms with Gasteiger partial charge in [-0.1, -0.05) is 12.1 Å².